The summed E-state index contributed by atoms with van der Waals surface area (Å²) in [5.41, 5.74) is 7.35. The summed E-state index contributed by atoms with van der Waals surface area (Å²) in [5, 5.41) is 0. The van der Waals surface area contributed by atoms with Gasteiger partial charge < -0.3 is 4.74 Å². The molecule has 5 nitrogen and oxygen atoms in total. The molecule has 0 saturated heterocycles. The summed E-state index contributed by atoms with van der Waals surface area (Å²) in [6, 6.07) is 9.60. The molecule has 0 bridgehead atoms. The maximum absolute atomic E-state index is 12.3. The van der Waals surface area contributed by atoms with Crippen LogP contribution in [0.25, 0.3) is 0 Å². The molecule has 6 heteroatoms. The van der Waals surface area contributed by atoms with E-state index in [9.17, 15) is 9.59 Å². The highest BCUT2D eigenvalue weighted by molar-refractivity contribution is 7.14. The molecule has 138 valence electrons. The molecule has 0 radical (unpaired) electrons. The number of amides is 2. The molecule has 2 N–H and O–H groups in total. The van der Waals surface area contributed by atoms with Gasteiger partial charge in [0, 0.05) is 11.3 Å². The molecule has 0 aliphatic heterocycles. The third kappa shape index (κ3) is 4.85. The number of nitrogens with one attached hydrogen (secondary N) is 2. The second kappa shape index (κ2) is 8.85. The Balaban J connectivity index is 1.47. The first-order chi connectivity index (χ1) is 12.7. The van der Waals surface area contributed by atoms with Crippen LogP contribution in [0.5, 0.6) is 5.75 Å². The number of methoxy groups -OCH3 is 1. The van der Waals surface area contributed by atoms with Gasteiger partial charge in [0.25, 0.3) is 5.91 Å². The number of hydrogen-bond acceptors (Lipinski definition) is 4. The first kappa shape index (κ1) is 18.5. The van der Waals surface area contributed by atoms with E-state index in [1.807, 2.05) is 30.3 Å². The summed E-state index contributed by atoms with van der Waals surface area (Å²) in [4.78, 5) is 26.3. The lowest BCUT2D eigenvalue weighted by Crippen LogP contribution is -2.41. The SMILES string of the molecule is COc1cccc(CCC(=O)NNC(=O)c2cc3c(s2)CCCCC3)c1. The van der Waals surface area contributed by atoms with Crippen molar-refractivity contribution in [3.63, 3.8) is 0 Å². The fraction of sp³-hybridized carbons (Fsp3) is 0.400. The summed E-state index contributed by atoms with van der Waals surface area (Å²) in [6.07, 6.45) is 6.63. The second-order valence-electron chi connectivity index (χ2n) is 6.47. The minimum atomic E-state index is -0.238. The largest absolute Gasteiger partial charge is 0.497 e. The van der Waals surface area contributed by atoms with Gasteiger partial charge in [0.15, 0.2) is 0 Å². The van der Waals surface area contributed by atoms with Crippen LogP contribution >= 0.6 is 11.3 Å². The minimum Gasteiger partial charge on any atom is -0.497 e. The molecule has 0 unspecified atom stereocenters. The summed E-state index contributed by atoms with van der Waals surface area (Å²) < 4.78 is 5.18. The van der Waals surface area contributed by atoms with Crippen LogP contribution < -0.4 is 15.6 Å². The molecule has 0 fully saturated rings. The fourth-order valence-corrected chi connectivity index (χ4v) is 4.26. The molecule has 26 heavy (non-hydrogen) atoms. The van der Waals surface area contributed by atoms with Gasteiger partial charge in [0.2, 0.25) is 5.91 Å². The Morgan fingerprint density at radius 1 is 1.12 bits per heavy atom. The van der Waals surface area contributed by atoms with Crippen molar-refractivity contribution in [2.75, 3.05) is 7.11 Å². The van der Waals surface area contributed by atoms with Gasteiger partial charge in [-0.15, -0.1) is 11.3 Å². The van der Waals surface area contributed by atoms with E-state index in [0.717, 1.165) is 24.2 Å². The van der Waals surface area contributed by atoms with Crippen molar-refractivity contribution < 1.29 is 14.3 Å². The van der Waals surface area contributed by atoms with Gasteiger partial charge >= 0.3 is 0 Å². The highest BCUT2D eigenvalue weighted by atomic mass is 32.1. The normalized spacial score (nSPS) is 13.4. The summed E-state index contributed by atoms with van der Waals surface area (Å²) in [5.74, 6) is 0.325. The monoisotopic (exact) mass is 372 g/mol. The topological polar surface area (TPSA) is 67.4 Å². The maximum atomic E-state index is 12.3. The van der Waals surface area contributed by atoms with Crippen LogP contribution in [-0.4, -0.2) is 18.9 Å². The Labute approximate surface area is 157 Å². The lowest BCUT2D eigenvalue weighted by Gasteiger charge is -2.07. The van der Waals surface area contributed by atoms with E-state index in [0.29, 0.717) is 17.7 Å². The van der Waals surface area contributed by atoms with Gasteiger partial charge in [-0.1, -0.05) is 18.6 Å². The van der Waals surface area contributed by atoms with E-state index in [4.69, 9.17) is 4.74 Å². The molecule has 1 aliphatic carbocycles. The highest BCUT2D eigenvalue weighted by Crippen LogP contribution is 2.28. The summed E-state index contributed by atoms with van der Waals surface area (Å²) in [6.45, 7) is 0. The number of benzene rings is 1. The predicted octanol–water partition coefficient (Wildman–Crippen LogP) is 3.42. The first-order valence-corrected chi connectivity index (χ1v) is 9.81. The fourth-order valence-electron chi connectivity index (χ4n) is 3.12. The van der Waals surface area contributed by atoms with Crippen LogP contribution in [0, 0.1) is 0 Å². The number of hydrogen-bond donors (Lipinski definition) is 2. The Morgan fingerprint density at radius 3 is 2.81 bits per heavy atom. The zero-order chi connectivity index (χ0) is 18.4. The molecule has 2 amide bonds. The van der Waals surface area contributed by atoms with Crippen LogP contribution in [-0.2, 0) is 24.1 Å². The Hall–Kier alpha value is -2.34. The molecule has 1 heterocycles. The molecular weight excluding hydrogens is 348 g/mol. The number of aryl methyl sites for hydroxylation is 3. The van der Waals surface area contributed by atoms with Gasteiger partial charge in [0.05, 0.1) is 12.0 Å². The van der Waals surface area contributed by atoms with E-state index in [1.54, 1.807) is 18.4 Å². The zero-order valence-electron chi connectivity index (χ0n) is 15.0. The average molecular weight is 372 g/mol. The van der Waals surface area contributed by atoms with Crippen molar-refractivity contribution in [3.05, 3.63) is 51.2 Å². The Bertz CT molecular complexity index is 762. The maximum Gasteiger partial charge on any atom is 0.279 e. The summed E-state index contributed by atoms with van der Waals surface area (Å²) in [7, 11) is 1.62. The molecule has 1 aromatic carbocycles. The summed E-state index contributed by atoms with van der Waals surface area (Å²) >= 11 is 1.55. The van der Waals surface area contributed by atoms with Crippen LogP contribution in [0.2, 0.25) is 0 Å². The molecular formula is C20H24N2O3S. The van der Waals surface area contributed by atoms with Gasteiger partial charge in [-0.3, -0.25) is 20.4 Å². The van der Waals surface area contributed by atoms with Crippen molar-refractivity contribution in [1.82, 2.24) is 10.9 Å². The average Bonchev–Trinajstić information content (AvgIpc) is 2.95. The number of ether oxygens (including phenoxy) is 1. The molecule has 1 aliphatic rings. The highest BCUT2D eigenvalue weighted by Gasteiger charge is 2.16. The zero-order valence-corrected chi connectivity index (χ0v) is 15.8. The molecule has 3 rings (SSSR count). The van der Waals surface area contributed by atoms with Crippen LogP contribution in [0.4, 0.5) is 0 Å². The van der Waals surface area contributed by atoms with Crippen LogP contribution in [0.1, 0.15) is 51.4 Å². The van der Waals surface area contributed by atoms with Crippen molar-refractivity contribution in [3.8, 4) is 5.75 Å². The lowest BCUT2D eigenvalue weighted by atomic mass is 10.1. The van der Waals surface area contributed by atoms with Gasteiger partial charge in [0.1, 0.15) is 5.75 Å². The van der Waals surface area contributed by atoms with Crippen LogP contribution in [0.15, 0.2) is 30.3 Å². The van der Waals surface area contributed by atoms with Gasteiger partial charge in [-0.25, -0.2) is 0 Å². The van der Waals surface area contributed by atoms with E-state index < -0.39 is 0 Å². The van der Waals surface area contributed by atoms with E-state index in [-0.39, 0.29) is 11.8 Å². The second-order valence-corrected chi connectivity index (χ2v) is 7.61. The Morgan fingerprint density at radius 2 is 1.96 bits per heavy atom. The van der Waals surface area contributed by atoms with Crippen molar-refractivity contribution in [1.29, 1.82) is 0 Å². The third-order valence-electron chi connectivity index (χ3n) is 4.56. The van der Waals surface area contributed by atoms with E-state index in [2.05, 4.69) is 10.9 Å². The van der Waals surface area contributed by atoms with Gasteiger partial charge in [-0.05, 0) is 61.4 Å². The van der Waals surface area contributed by atoms with Gasteiger partial charge in [-0.2, -0.15) is 0 Å². The quantitative estimate of drug-likeness (QED) is 0.624. The Kier molecular flexibility index (Phi) is 6.28. The van der Waals surface area contributed by atoms with Crippen molar-refractivity contribution in [2.45, 2.75) is 44.9 Å². The number of thiophene rings is 1. The number of carbonyl (C=O) groups excluding carboxylic acids is 2. The van der Waals surface area contributed by atoms with Crippen LogP contribution in [0.3, 0.4) is 0 Å². The molecule has 2 aromatic rings. The van der Waals surface area contributed by atoms with E-state index in [1.165, 1.54) is 29.7 Å². The van der Waals surface area contributed by atoms with Crippen molar-refractivity contribution in [2.24, 2.45) is 0 Å². The van der Waals surface area contributed by atoms with E-state index >= 15 is 0 Å². The number of carbonyl (C=O) groups is 2. The number of fused-ring (bicyclic) bond motifs is 1. The lowest BCUT2D eigenvalue weighted by molar-refractivity contribution is -0.121. The first-order valence-electron chi connectivity index (χ1n) is 8.99. The predicted molar refractivity (Wildman–Crippen MR) is 103 cm³/mol. The molecule has 1 aromatic heterocycles. The minimum absolute atomic E-state index is 0.209. The number of rotatable bonds is 5. The third-order valence-corrected chi connectivity index (χ3v) is 5.80. The molecule has 0 atom stereocenters. The standard InChI is InChI=1S/C20H24N2O3S/c1-25-16-8-5-6-14(12-16)10-11-19(23)21-22-20(24)18-13-15-7-3-2-4-9-17(15)26-18/h5-6,8,12-13H,2-4,7,9-11H2,1H3,(H,21,23)(H,22,24). The number of hydrazine groups is 1. The molecule has 0 spiro atoms. The molecule has 0 saturated carbocycles. The van der Waals surface area contributed by atoms with Crippen molar-refractivity contribution >= 4 is 23.2 Å². The smallest absolute Gasteiger partial charge is 0.279 e.